The van der Waals surface area contributed by atoms with Crippen LogP contribution in [0.25, 0.3) is 0 Å². The van der Waals surface area contributed by atoms with Crippen molar-refractivity contribution in [2.45, 2.75) is 119 Å². The Kier molecular flexibility index (Phi) is 5.96. The van der Waals surface area contributed by atoms with Gasteiger partial charge >= 0.3 is 5.97 Å². The molecule has 5 fully saturated rings. The Labute approximate surface area is 214 Å². The van der Waals surface area contributed by atoms with Gasteiger partial charge in [-0.25, -0.2) is 0 Å². The predicted molar refractivity (Wildman–Crippen MR) is 142 cm³/mol. The van der Waals surface area contributed by atoms with Gasteiger partial charge in [0.25, 0.3) is 0 Å². The summed E-state index contributed by atoms with van der Waals surface area (Å²) in [6.45, 7) is 21.5. The number of rotatable bonds is 3. The number of allylic oxidation sites excluding steroid dienone is 1. The summed E-state index contributed by atoms with van der Waals surface area (Å²) in [7, 11) is 0. The molecule has 5 aliphatic carbocycles. The molecule has 0 aromatic heterocycles. The Morgan fingerprint density at radius 3 is 2.23 bits per heavy atom. The van der Waals surface area contributed by atoms with Crippen molar-refractivity contribution in [3.8, 4) is 0 Å². The minimum Gasteiger partial charge on any atom is -0.465 e. The molecule has 5 rings (SSSR count). The standard InChI is InChI=1S/C32H52O3/c1-20(2)22-11-16-32(19-35-21(3)33)18-17-30(7)23(27(22)32)9-10-25-29(6)14-13-26(34)28(4,5)24(29)12-15-31(25,30)8/h22-27,34H,1,9-19H2,2-8H3/t22-,23+,24+,25+,26+,27-,29-,30+,31+,32+/m0/s1. The van der Waals surface area contributed by atoms with Crippen LogP contribution in [0.15, 0.2) is 12.2 Å². The van der Waals surface area contributed by atoms with Crippen molar-refractivity contribution in [3.63, 3.8) is 0 Å². The average molecular weight is 485 g/mol. The molecule has 0 saturated heterocycles. The fourth-order valence-corrected chi connectivity index (χ4v) is 11.8. The van der Waals surface area contributed by atoms with E-state index < -0.39 is 0 Å². The van der Waals surface area contributed by atoms with Crippen molar-refractivity contribution >= 4 is 5.97 Å². The van der Waals surface area contributed by atoms with Crippen LogP contribution in [0.4, 0.5) is 0 Å². The number of carbonyl (C=O) groups excluding carboxylic acids is 1. The Morgan fingerprint density at radius 2 is 1.57 bits per heavy atom. The Hall–Kier alpha value is -0.830. The lowest BCUT2D eigenvalue weighted by molar-refractivity contribution is -0.249. The highest BCUT2D eigenvalue weighted by Crippen LogP contribution is 2.77. The third-order valence-corrected chi connectivity index (χ3v) is 13.8. The fourth-order valence-electron chi connectivity index (χ4n) is 11.8. The predicted octanol–water partition coefficient (Wildman–Crippen LogP) is 7.57. The van der Waals surface area contributed by atoms with Crippen LogP contribution in [0.3, 0.4) is 0 Å². The molecule has 0 radical (unpaired) electrons. The third kappa shape index (κ3) is 3.34. The lowest BCUT2D eigenvalue weighted by atomic mass is 9.32. The summed E-state index contributed by atoms with van der Waals surface area (Å²) in [5.41, 5.74) is 2.45. The van der Waals surface area contributed by atoms with Gasteiger partial charge in [0.2, 0.25) is 0 Å². The van der Waals surface area contributed by atoms with E-state index in [9.17, 15) is 9.90 Å². The number of ether oxygens (including phenoxy) is 1. The van der Waals surface area contributed by atoms with Crippen molar-refractivity contribution in [1.82, 2.24) is 0 Å². The first-order chi connectivity index (χ1) is 16.2. The van der Waals surface area contributed by atoms with Gasteiger partial charge in [-0.05, 0) is 122 Å². The topological polar surface area (TPSA) is 46.5 Å². The van der Waals surface area contributed by atoms with E-state index in [-0.39, 0.29) is 22.9 Å². The summed E-state index contributed by atoms with van der Waals surface area (Å²) < 4.78 is 5.79. The maximum atomic E-state index is 11.9. The number of fused-ring (bicyclic) bond motifs is 7. The van der Waals surface area contributed by atoms with Crippen molar-refractivity contribution in [2.24, 2.45) is 56.7 Å². The van der Waals surface area contributed by atoms with E-state index in [1.54, 1.807) is 6.92 Å². The SMILES string of the molecule is C=C(C)[C@@H]1CC[C@]2(COC(C)=O)CC[C@]3(C)[C@H](CC[C@@H]4[C@@]5(C)CC[C@@H](O)C(C)(C)[C@H]5CC[C@]43C)[C@H]12. The molecule has 3 heteroatoms. The smallest absolute Gasteiger partial charge is 0.302 e. The Morgan fingerprint density at radius 1 is 0.857 bits per heavy atom. The lowest BCUT2D eigenvalue weighted by Gasteiger charge is -2.73. The second kappa shape index (κ2) is 8.08. The summed E-state index contributed by atoms with van der Waals surface area (Å²) in [4.78, 5) is 11.9. The average Bonchev–Trinajstić information content (AvgIpc) is 3.16. The van der Waals surface area contributed by atoms with Crippen LogP contribution in [0.2, 0.25) is 0 Å². The summed E-state index contributed by atoms with van der Waals surface area (Å²) in [6.07, 6.45) is 12.0. The molecule has 0 unspecified atom stereocenters. The quantitative estimate of drug-likeness (QED) is 0.332. The third-order valence-electron chi connectivity index (χ3n) is 13.8. The maximum Gasteiger partial charge on any atom is 0.302 e. The summed E-state index contributed by atoms with van der Waals surface area (Å²) in [5.74, 6) is 3.04. The zero-order valence-electron chi connectivity index (χ0n) is 23.7. The zero-order chi connectivity index (χ0) is 25.6. The van der Waals surface area contributed by atoms with Crippen LogP contribution in [0.5, 0.6) is 0 Å². The first-order valence-corrected chi connectivity index (χ1v) is 14.7. The normalized spacial score (nSPS) is 52.5. The van der Waals surface area contributed by atoms with Crippen molar-refractivity contribution in [1.29, 1.82) is 0 Å². The Bertz CT molecular complexity index is 891. The molecule has 10 atom stereocenters. The molecule has 0 heterocycles. The number of hydrogen-bond acceptors (Lipinski definition) is 3. The van der Waals surface area contributed by atoms with Crippen LogP contribution >= 0.6 is 0 Å². The monoisotopic (exact) mass is 484 g/mol. The van der Waals surface area contributed by atoms with Crippen LogP contribution in [-0.2, 0) is 9.53 Å². The highest BCUT2D eigenvalue weighted by Gasteiger charge is 2.70. The van der Waals surface area contributed by atoms with E-state index in [0.717, 1.165) is 12.3 Å². The fraction of sp³-hybridized carbons (Fsp3) is 0.906. The van der Waals surface area contributed by atoms with Gasteiger partial charge in [0, 0.05) is 12.3 Å². The summed E-state index contributed by atoms with van der Waals surface area (Å²) >= 11 is 0. The highest BCUT2D eigenvalue weighted by molar-refractivity contribution is 5.65. The molecular weight excluding hydrogens is 432 g/mol. The molecule has 0 aromatic carbocycles. The van der Waals surface area contributed by atoms with Gasteiger partial charge in [-0.3, -0.25) is 4.79 Å². The molecule has 1 N–H and O–H groups in total. The molecule has 0 amide bonds. The van der Waals surface area contributed by atoms with Gasteiger partial charge in [0.1, 0.15) is 0 Å². The Balaban J connectivity index is 1.53. The molecule has 0 spiro atoms. The van der Waals surface area contributed by atoms with E-state index >= 15 is 0 Å². The number of esters is 1. The molecule has 0 aliphatic heterocycles. The van der Waals surface area contributed by atoms with E-state index in [4.69, 9.17) is 4.74 Å². The van der Waals surface area contributed by atoms with Gasteiger partial charge in [-0.15, -0.1) is 0 Å². The first-order valence-electron chi connectivity index (χ1n) is 14.7. The molecule has 35 heavy (non-hydrogen) atoms. The highest BCUT2D eigenvalue weighted by atomic mass is 16.5. The van der Waals surface area contributed by atoms with Gasteiger partial charge in [-0.2, -0.15) is 0 Å². The van der Waals surface area contributed by atoms with Crippen LogP contribution in [0.1, 0.15) is 113 Å². The maximum absolute atomic E-state index is 11.9. The summed E-state index contributed by atoms with van der Waals surface area (Å²) in [6, 6.07) is 0. The van der Waals surface area contributed by atoms with E-state index in [2.05, 4.69) is 48.1 Å². The minimum atomic E-state index is -0.164. The van der Waals surface area contributed by atoms with Crippen molar-refractivity contribution < 1.29 is 14.6 Å². The molecular formula is C32H52O3. The lowest BCUT2D eigenvalue weighted by Crippen LogP contribution is -2.66. The second-order valence-electron chi connectivity index (χ2n) is 15.2. The second-order valence-corrected chi connectivity index (χ2v) is 15.2. The van der Waals surface area contributed by atoms with E-state index in [1.165, 1.54) is 63.4 Å². The van der Waals surface area contributed by atoms with Crippen LogP contribution < -0.4 is 0 Å². The van der Waals surface area contributed by atoms with Crippen molar-refractivity contribution in [2.75, 3.05) is 6.61 Å². The summed E-state index contributed by atoms with van der Waals surface area (Å²) in [5, 5.41) is 10.9. The number of aliphatic hydroxyl groups is 1. The van der Waals surface area contributed by atoms with Crippen LogP contribution in [-0.4, -0.2) is 23.8 Å². The van der Waals surface area contributed by atoms with Crippen molar-refractivity contribution in [3.05, 3.63) is 12.2 Å². The van der Waals surface area contributed by atoms with Gasteiger partial charge in [0.15, 0.2) is 0 Å². The van der Waals surface area contributed by atoms with Gasteiger partial charge in [-0.1, -0.05) is 46.8 Å². The molecule has 5 aliphatic rings. The van der Waals surface area contributed by atoms with Gasteiger partial charge < -0.3 is 9.84 Å². The van der Waals surface area contributed by atoms with Crippen LogP contribution in [0, 0.1) is 56.7 Å². The van der Waals surface area contributed by atoms with Gasteiger partial charge in [0.05, 0.1) is 12.7 Å². The molecule has 0 bridgehead atoms. The number of hydrogen-bond donors (Lipinski definition) is 1. The largest absolute Gasteiger partial charge is 0.465 e. The van der Waals surface area contributed by atoms with E-state index in [1.807, 2.05) is 0 Å². The van der Waals surface area contributed by atoms with E-state index in [0.29, 0.717) is 46.5 Å². The number of aliphatic hydroxyl groups excluding tert-OH is 1. The molecule has 5 saturated carbocycles. The molecule has 0 aromatic rings. The minimum absolute atomic E-state index is 0.00826. The first kappa shape index (κ1) is 25.8. The number of carbonyl (C=O) groups is 1. The molecule has 3 nitrogen and oxygen atoms in total. The molecule has 198 valence electrons. The zero-order valence-corrected chi connectivity index (χ0v) is 23.7.